The number of morpholine rings is 1. The first-order chi connectivity index (χ1) is 12.6. The molecule has 1 aromatic heterocycles. The molecule has 3 rings (SSSR count). The van der Waals surface area contributed by atoms with Crippen molar-refractivity contribution in [3.05, 3.63) is 59.5 Å². The Bertz CT molecular complexity index is 736. The fourth-order valence-electron chi connectivity index (χ4n) is 3.10. The second-order valence-corrected chi connectivity index (χ2v) is 6.47. The van der Waals surface area contributed by atoms with Gasteiger partial charge in [-0.1, -0.05) is 12.1 Å². The summed E-state index contributed by atoms with van der Waals surface area (Å²) < 4.78 is 18.8. The van der Waals surface area contributed by atoms with Gasteiger partial charge in [-0.15, -0.1) is 0 Å². The maximum Gasteiger partial charge on any atom is 0.227 e. The van der Waals surface area contributed by atoms with Gasteiger partial charge in [0.05, 0.1) is 19.1 Å². The fourth-order valence-corrected chi connectivity index (χ4v) is 3.10. The molecule has 0 radical (unpaired) electrons. The number of nitrogens with zero attached hydrogens (tertiary/aromatic N) is 2. The number of carbonyl (C=O) groups excluding carboxylic acids is 1. The van der Waals surface area contributed by atoms with E-state index in [-0.39, 0.29) is 17.8 Å². The number of benzene rings is 1. The molecule has 1 fully saturated rings. The molecule has 5 nitrogen and oxygen atoms in total. The third-order valence-corrected chi connectivity index (χ3v) is 4.60. The zero-order valence-corrected chi connectivity index (χ0v) is 15.0. The average Bonchev–Trinajstić information content (AvgIpc) is 2.68. The van der Waals surface area contributed by atoms with Crippen molar-refractivity contribution in [3.63, 3.8) is 0 Å². The van der Waals surface area contributed by atoms with Gasteiger partial charge in [-0.25, -0.2) is 9.37 Å². The molecule has 1 aliphatic rings. The summed E-state index contributed by atoms with van der Waals surface area (Å²) in [5, 5.41) is 3.04. The molecule has 2 aromatic rings. The summed E-state index contributed by atoms with van der Waals surface area (Å²) >= 11 is 0. The predicted molar refractivity (Wildman–Crippen MR) is 98.5 cm³/mol. The number of ether oxygens (including phenoxy) is 1. The van der Waals surface area contributed by atoms with E-state index in [1.165, 1.54) is 17.7 Å². The summed E-state index contributed by atoms with van der Waals surface area (Å²) in [5.41, 5.74) is 2.03. The van der Waals surface area contributed by atoms with E-state index >= 15 is 0 Å². The number of aryl methyl sites for hydroxylation is 1. The van der Waals surface area contributed by atoms with Gasteiger partial charge in [0.2, 0.25) is 5.91 Å². The molecular formula is C20H24FN3O2. The monoisotopic (exact) mass is 357 g/mol. The Morgan fingerprint density at radius 3 is 2.88 bits per heavy atom. The molecule has 1 atom stereocenters. The molecule has 1 amide bonds. The number of pyridine rings is 1. The molecule has 0 saturated carbocycles. The normalized spacial score (nSPS) is 17.2. The van der Waals surface area contributed by atoms with Crippen molar-refractivity contribution in [2.45, 2.75) is 25.4 Å². The number of hydrogen-bond donors (Lipinski definition) is 1. The third-order valence-electron chi connectivity index (χ3n) is 4.60. The first-order valence-corrected chi connectivity index (χ1v) is 8.90. The number of halogens is 1. The Balaban J connectivity index is 1.51. The number of carbonyl (C=O) groups is 1. The van der Waals surface area contributed by atoms with Gasteiger partial charge in [-0.05, 0) is 48.2 Å². The van der Waals surface area contributed by atoms with Crippen LogP contribution in [0.1, 0.15) is 17.5 Å². The molecule has 0 aliphatic carbocycles. The molecule has 0 unspecified atom stereocenters. The molecule has 2 heterocycles. The molecule has 0 spiro atoms. The molecule has 1 N–H and O–H groups in total. The van der Waals surface area contributed by atoms with Crippen LogP contribution in [-0.4, -0.2) is 48.6 Å². The van der Waals surface area contributed by atoms with Crippen LogP contribution in [0.5, 0.6) is 0 Å². The summed E-state index contributed by atoms with van der Waals surface area (Å²) in [6, 6.07) is 10.1. The van der Waals surface area contributed by atoms with Crippen molar-refractivity contribution in [3.8, 4) is 0 Å². The highest BCUT2D eigenvalue weighted by Crippen LogP contribution is 2.15. The van der Waals surface area contributed by atoms with Crippen LogP contribution >= 0.6 is 0 Å². The molecule has 1 aromatic carbocycles. The zero-order valence-electron chi connectivity index (χ0n) is 15.0. The highest BCUT2D eigenvalue weighted by molar-refractivity contribution is 5.78. The quantitative estimate of drug-likeness (QED) is 0.864. The first-order valence-electron chi connectivity index (χ1n) is 8.90. The van der Waals surface area contributed by atoms with Crippen molar-refractivity contribution < 1.29 is 13.9 Å². The van der Waals surface area contributed by atoms with Gasteiger partial charge in [-0.2, -0.15) is 0 Å². The van der Waals surface area contributed by atoms with E-state index in [1.54, 1.807) is 18.3 Å². The number of amides is 1. The standard InChI is InChI=1S/C20H24FN3O2/c1-22-19-12-16(8-9-23-19)4-7-18-14-24(10-11-26-18)20(25)13-15-2-5-17(21)6-3-15/h2-3,5-6,8-9,12,18H,4,7,10-11,13-14H2,1H3,(H,22,23)/t18-/m1/s1. The summed E-state index contributed by atoms with van der Waals surface area (Å²) in [5.74, 6) is 0.625. The van der Waals surface area contributed by atoms with E-state index in [0.717, 1.165) is 24.2 Å². The lowest BCUT2D eigenvalue weighted by Crippen LogP contribution is -2.46. The second kappa shape index (κ2) is 8.76. The van der Waals surface area contributed by atoms with Crippen LogP contribution in [0.25, 0.3) is 0 Å². The first kappa shape index (κ1) is 18.3. The summed E-state index contributed by atoms with van der Waals surface area (Å²) in [6.45, 7) is 1.76. The topological polar surface area (TPSA) is 54.5 Å². The molecule has 26 heavy (non-hydrogen) atoms. The molecule has 1 aliphatic heterocycles. The highest BCUT2D eigenvalue weighted by atomic mass is 19.1. The summed E-state index contributed by atoms with van der Waals surface area (Å²) in [7, 11) is 1.85. The molecule has 0 bridgehead atoms. The Hall–Kier alpha value is -2.47. The van der Waals surface area contributed by atoms with Crippen LogP contribution in [0.2, 0.25) is 0 Å². The highest BCUT2D eigenvalue weighted by Gasteiger charge is 2.24. The predicted octanol–water partition coefficient (Wildman–Crippen LogP) is 2.67. The summed E-state index contributed by atoms with van der Waals surface area (Å²) in [6.07, 6.45) is 3.85. The Labute approximate surface area is 153 Å². The number of nitrogens with one attached hydrogen (secondary N) is 1. The van der Waals surface area contributed by atoms with Crippen molar-refractivity contribution in [2.24, 2.45) is 0 Å². The van der Waals surface area contributed by atoms with E-state index < -0.39 is 0 Å². The van der Waals surface area contributed by atoms with Crippen molar-refractivity contribution in [2.75, 3.05) is 32.1 Å². The maximum absolute atomic E-state index is 13.0. The largest absolute Gasteiger partial charge is 0.375 e. The van der Waals surface area contributed by atoms with Gasteiger partial charge in [0.25, 0.3) is 0 Å². The van der Waals surface area contributed by atoms with E-state index in [9.17, 15) is 9.18 Å². The number of hydrogen-bond acceptors (Lipinski definition) is 4. The number of rotatable bonds is 6. The van der Waals surface area contributed by atoms with Gasteiger partial charge in [0.1, 0.15) is 11.6 Å². The molecule has 6 heteroatoms. The van der Waals surface area contributed by atoms with Crippen LogP contribution in [0.15, 0.2) is 42.6 Å². The number of anilines is 1. The van der Waals surface area contributed by atoms with Crippen molar-refractivity contribution >= 4 is 11.7 Å². The fraction of sp³-hybridized carbons (Fsp3) is 0.400. The van der Waals surface area contributed by atoms with Crippen LogP contribution < -0.4 is 5.32 Å². The summed E-state index contributed by atoms with van der Waals surface area (Å²) in [4.78, 5) is 18.6. The van der Waals surface area contributed by atoms with E-state index in [4.69, 9.17) is 4.74 Å². The number of aromatic nitrogens is 1. The lowest BCUT2D eigenvalue weighted by molar-refractivity contribution is -0.138. The van der Waals surface area contributed by atoms with Gasteiger partial charge >= 0.3 is 0 Å². The minimum Gasteiger partial charge on any atom is -0.375 e. The maximum atomic E-state index is 13.0. The van der Waals surface area contributed by atoms with Gasteiger partial charge in [-0.3, -0.25) is 4.79 Å². The average molecular weight is 357 g/mol. The van der Waals surface area contributed by atoms with Crippen molar-refractivity contribution in [1.29, 1.82) is 0 Å². The smallest absolute Gasteiger partial charge is 0.227 e. The third kappa shape index (κ3) is 5.02. The Kier molecular flexibility index (Phi) is 6.17. The zero-order chi connectivity index (χ0) is 18.4. The van der Waals surface area contributed by atoms with Gasteiger partial charge in [0.15, 0.2) is 0 Å². The molecule has 1 saturated heterocycles. The van der Waals surface area contributed by atoms with Crippen molar-refractivity contribution in [1.82, 2.24) is 9.88 Å². The SMILES string of the molecule is CNc1cc(CC[C@@H]2CN(C(=O)Cc3ccc(F)cc3)CCO2)ccn1. The minimum atomic E-state index is -0.287. The Morgan fingerprint density at radius 1 is 1.31 bits per heavy atom. The van der Waals surface area contributed by atoms with Crippen LogP contribution in [0, 0.1) is 5.82 Å². The van der Waals surface area contributed by atoms with E-state index in [1.807, 2.05) is 24.1 Å². The van der Waals surface area contributed by atoms with E-state index in [2.05, 4.69) is 10.3 Å². The van der Waals surface area contributed by atoms with Crippen LogP contribution in [0.4, 0.5) is 10.2 Å². The molecular weight excluding hydrogens is 333 g/mol. The Morgan fingerprint density at radius 2 is 2.12 bits per heavy atom. The van der Waals surface area contributed by atoms with Gasteiger partial charge < -0.3 is 15.0 Å². The van der Waals surface area contributed by atoms with Gasteiger partial charge in [0, 0.05) is 26.3 Å². The lowest BCUT2D eigenvalue weighted by atomic mass is 10.1. The minimum absolute atomic E-state index is 0.0344. The van der Waals surface area contributed by atoms with Crippen LogP contribution in [-0.2, 0) is 22.4 Å². The lowest BCUT2D eigenvalue weighted by Gasteiger charge is -2.33. The second-order valence-electron chi connectivity index (χ2n) is 6.47. The molecule has 138 valence electrons. The van der Waals surface area contributed by atoms with Crippen LogP contribution in [0.3, 0.4) is 0 Å². The van der Waals surface area contributed by atoms with E-state index in [0.29, 0.717) is 26.1 Å².